The molecule has 1 aliphatic heterocycles. The maximum absolute atomic E-state index is 14.2. The van der Waals surface area contributed by atoms with E-state index in [2.05, 4.69) is 15.6 Å². The van der Waals surface area contributed by atoms with E-state index in [9.17, 15) is 9.59 Å². The summed E-state index contributed by atoms with van der Waals surface area (Å²) in [5.74, 6) is 0.632. The first-order valence-corrected chi connectivity index (χ1v) is 12.9. The first-order chi connectivity index (χ1) is 18.6. The van der Waals surface area contributed by atoms with Crippen LogP contribution in [-0.2, 0) is 16.1 Å². The normalized spacial score (nSPS) is 15.5. The van der Waals surface area contributed by atoms with Crippen molar-refractivity contribution in [2.45, 2.75) is 51.2 Å². The van der Waals surface area contributed by atoms with Gasteiger partial charge in [0.15, 0.2) is 11.5 Å². The number of carbonyl (C=O) groups excluding carboxylic acids is 2. The highest BCUT2D eigenvalue weighted by molar-refractivity contribution is 6.02. The highest BCUT2D eigenvalue weighted by atomic mass is 16.7. The molecule has 2 amide bonds. The predicted molar refractivity (Wildman–Crippen MR) is 142 cm³/mol. The van der Waals surface area contributed by atoms with Crippen molar-refractivity contribution < 1.29 is 19.1 Å². The largest absolute Gasteiger partial charge is 0.454 e. The van der Waals surface area contributed by atoms with Crippen molar-refractivity contribution in [1.29, 1.82) is 0 Å². The topological polar surface area (TPSA) is 98.6 Å². The van der Waals surface area contributed by atoms with Crippen molar-refractivity contribution in [2.24, 2.45) is 0 Å². The number of para-hydroxylation sites is 1. The second kappa shape index (κ2) is 10.2. The number of aromatic nitrogens is 3. The lowest BCUT2D eigenvalue weighted by molar-refractivity contribution is -0.127. The van der Waals surface area contributed by atoms with Gasteiger partial charge in [-0.3, -0.25) is 14.5 Å². The van der Waals surface area contributed by atoms with Gasteiger partial charge in [0.1, 0.15) is 18.1 Å². The van der Waals surface area contributed by atoms with Gasteiger partial charge in [-0.25, -0.2) is 4.68 Å². The molecular formula is C29H29N5O4. The van der Waals surface area contributed by atoms with Gasteiger partial charge >= 0.3 is 0 Å². The molecule has 1 aliphatic carbocycles. The number of rotatable bonds is 7. The first-order valence-electron chi connectivity index (χ1n) is 12.9. The fraction of sp³-hybridized carbons (Fsp3) is 0.310. The molecule has 1 saturated carbocycles. The minimum absolute atomic E-state index is 0.0892. The fourth-order valence-electron chi connectivity index (χ4n) is 5.35. The highest BCUT2D eigenvalue weighted by Gasteiger charge is 2.36. The summed E-state index contributed by atoms with van der Waals surface area (Å²) in [7, 11) is 0. The van der Waals surface area contributed by atoms with Gasteiger partial charge in [-0.05, 0) is 55.2 Å². The van der Waals surface area contributed by atoms with E-state index in [1.165, 1.54) is 0 Å². The molecule has 2 heterocycles. The Hall–Kier alpha value is -4.40. The zero-order chi connectivity index (χ0) is 26.1. The van der Waals surface area contributed by atoms with Crippen LogP contribution >= 0.6 is 0 Å². The molecule has 0 spiro atoms. The summed E-state index contributed by atoms with van der Waals surface area (Å²) in [6.45, 7) is 1.98. The molecule has 9 nitrogen and oxygen atoms in total. The third-order valence-corrected chi connectivity index (χ3v) is 7.30. The van der Waals surface area contributed by atoms with Crippen LogP contribution in [-0.4, -0.2) is 39.6 Å². The maximum Gasteiger partial charge on any atom is 0.249 e. The van der Waals surface area contributed by atoms with Gasteiger partial charge in [0, 0.05) is 17.8 Å². The Balaban J connectivity index is 1.44. The summed E-state index contributed by atoms with van der Waals surface area (Å²) in [4.78, 5) is 29.8. The number of ether oxygens (including phenoxy) is 2. The van der Waals surface area contributed by atoms with Crippen LogP contribution in [0.5, 0.6) is 11.5 Å². The van der Waals surface area contributed by atoms with E-state index in [-0.39, 0.29) is 31.2 Å². The van der Waals surface area contributed by atoms with Crippen LogP contribution in [0.1, 0.15) is 42.9 Å². The zero-order valence-electron chi connectivity index (χ0n) is 21.2. The molecule has 3 aromatic carbocycles. The number of carbonyl (C=O) groups is 2. The molecule has 1 N–H and O–H groups in total. The van der Waals surface area contributed by atoms with Crippen molar-refractivity contribution >= 4 is 28.5 Å². The van der Waals surface area contributed by atoms with Crippen LogP contribution in [0.4, 0.5) is 5.69 Å². The molecule has 6 rings (SSSR count). The van der Waals surface area contributed by atoms with Crippen LogP contribution in [0.25, 0.3) is 11.0 Å². The lowest BCUT2D eigenvalue weighted by Gasteiger charge is -2.33. The fourth-order valence-corrected chi connectivity index (χ4v) is 5.35. The van der Waals surface area contributed by atoms with Gasteiger partial charge in [0.05, 0.1) is 5.52 Å². The van der Waals surface area contributed by atoms with Gasteiger partial charge in [0.25, 0.3) is 0 Å². The number of nitrogens with zero attached hydrogens (tertiary/aromatic N) is 4. The Morgan fingerprint density at radius 2 is 1.79 bits per heavy atom. The number of hydrogen-bond donors (Lipinski definition) is 1. The lowest BCUT2D eigenvalue weighted by Crippen LogP contribution is -2.47. The van der Waals surface area contributed by atoms with Crippen molar-refractivity contribution in [3.05, 3.63) is 77.9 Å². The minimum Gasteiger partial charge on any atom is -0.454 e. The predicted octanol–water partition coefficient (Wildman–Crippen LogP) is 4.30. The van der Waals surface area contributed by atoms with Crippen molar-refractivity contribution in [2.75, 3.05) is 11.7 Å². The third kappa shape index (κ3) is 4.55. The molecule has 0 radical (unpaired) electrons. The number of hydrogen-bond acceptors (Lipinski definition) is 6. The molecule has 1 atom stereocenters. The lowest BCUT2D eigenvalue weighted by atomic mass is 9.97. The molecule has 194 valence electrons. The molecule has 0 bridgehead atoms. The number of anilines is 1. The third-order valence-electron chi connectivity index (χ3n) is 7.30. The van der Waals surface area contributed by atoms with Crippen molar-refractivity contribution in [3.63, 3.8) is 0 Å². The molecule has 1 fully saturated rings. The van der Waals surface area contributed by atoms with E-state index in [0.29, 0.717) is 22.7 Å². The molecule has 0 saturated heterocycles. The summed E-state index contributed by atoms with van der Waals surface area (Å²) < 4.78 is 12.7. The standard InChI is InChI=1S/C29H29N5O4/c1-19-8-2-5-11-22(19)28(29(36)30-20-9-3-4-10-20)34(21-14-15-25-26(16-21)38-18-37-25)27(35)17-33-24-13-7-6-12-23(24)31-32-33/h2,5-8,11-16,20,28H,3-4,9-10,17-18H2,1H3,(H,30,36)/t28-/m1/s1. The Kier molecular flexibility index (Phi) is 6.41. The molecule has 0 unspecified atom stereocenters. The summed E-state index contributed by atoms with van der Waals surface area (Å²) in [5.41, 5.74) is 3.67. The van der Waals surface area contributed by atoms with Gasteiger partial charge in [-0.15, -0.1) is 5.10 Å². The van der Waals surface area contributed by atoms with Crippen molar-refractivity contribution in [1.82, 2.24) is 20.3 Å². The Bertz CT molecular complexity index is 1490. The van der Waals surface area contributed by atoms with Gasteiger partial charge < -0.3 is 14.8 Å². The number of nitrogens with one attached hydrogen (secondary N) is 1. The second-order valence-corrected chi connectivity index (χ2v) is 9.79. The zero-order valence-corrected chi connectivity index (χ0v) is 21.2. The minimum atomic E-state index is -0.889. The Morgan fingerprint density at radius 1 is 1.03 bits per heavy atom. The monoisotopic (exact) mass is 511 g/mol. The summed E-state index contributed by atoms with van der Waals surface area (Å²) in [6, 6.07) is 19.7. The average molecular weight is 512 g/mol. The quantitative estimate of drug-likeness (QED) is 0.397. The van der Waals surface area contributed by atoms with Crippen LogP contribution < -0.4 is 19.7 Å². The number of benzene rings is 3. The van der Waals surface area contributed by atoms with Crippen LogP contribution in [0.3, 0.4) is 0 Å². The number of fused-ring (bicyclic) bond motifs is 2. The Labute approximate surface area is 220 Å². The van der Waals surface area contributed by atoms with E-state index in [4.69, 9.17) is 9.47 Å². The first kappa shape index (κ1) is 24.0. The van der Waals surface area contributed by atoms with E-state index in [1.54, 1.807) is 27.8 Å². The summed E-state index contributed by atoms with van der Waals surface area (Å²) in [6.07, 6.45) is 4.05. The SMILES string of the molecule is Cc1ccccc1[C@H](C(=O)NC1CCCC1)N(C(=O)Cn1nnc2ccccc21)c1ccc2c(c1)OCO2. The Morgan fingerprint density at radius 3 is 2.63 bits per heavy atom. The molecule has 2 aliphatic rings. The number of amides is 2. The molecule has 1 aromatic heterocycles. The molecule has 9 heteroatoms. The second-order valence-electron chi connectivity index (χ2n) is 9.79. The molecule has 4 aromatic rings. The average Bonchev–Trinajstić information content (AvgIpc) is 3.69. The van der Waals surface area contributed by atoms with Crippen LogP contribution in [0.2, 0.25) is 0 Å². The summed E-state index contributed by atoms with van der Waals surface area (Å²) >= 11 is 0. The van der Waals surface area contributed by atoms with E-state index >= 15 is 0 Å². The van der Waals surface area contributed by atoms with Crippen LogP contribution in [0.15, 0.2) is 66.7 Å². The van der Waals surface area contributed by atoms with Crippen LogP contribution in [0, 0.1) is 6.92 Å². The highest BCUT2D eigenvalue weighted by Crippen LogP contribution is 2.39. The molecule has 38 heavy (non-hydrogen) atoms. The smallest absolute Gasteiger partial charge is 0.249 e. The summed E-state index contributed by atoms with van der Waals surface area (Å²) in [5, 5.41) is 11.6. The van der Waals surface area contributed by atoms with E-state index < -0.39 is 6.04 Å². The van der Waals surface area contributed by atoms with Gasteiger partial charge in [-0.1, -0.05) is 54.5 Å². The van der Waals surface area contributed by atoms with Gasteiger partial charge in [0.2, 0.25) is 18.6 Å². The van der Waals surface area contributed by atoms with E-state index in [1.807, 2.05) is 55.5 Å². The van der Waals surface area contributed by atoms with E-state index in [0.717, 1.165) is 42.3 Å². The van der Waals surface area contributed by atoms with Crippen molar-refractivity contribution in [3.8, 4) is 11.5 Å². The van der Waals surface area contributed by atoms with Gasteiger partial charge in [-0.2, -0.15) is 0 Å². The maximum atomic E-state index is 14.2. The number of aryl methyl sites for hydroxylation is 1. The molecular weight excluding hydrogens is 482 g/mol.